The average molecular weight is 444 g/mol. The van der Waals surface area contributed by atoms with Crippen molar-refractivity contribution in [3.63, 3.8) is 0 Å². The van der Waals surface area contributed by atoms with Crippen molar-refractivity contribution in [2.24, 2.45) is 5.16 Å². The fourth-order valence-electron chi connectivity index (χ4n) is 3.91. The fourth-order valence-corrected chi connectivity index (χ4v) is 3.91. The number of amides is 2. The van der Waals surface area contributed by atoms with Crippen molar-refractivity contribution in [2.75, 3.05) is 19.0 Å². The summed E-state index contributed by atoms with van der Waals surface area (Å²) in [4.78, 5) is 20.8. The second-order valence-electron chi connectivity index (χ2n) is 8.02. The Kier molecular flexibility index (Phi) is 7.25. The van der Waals surface area contributed by atoms with Crippen LogP contribution in [0.15, 0.2) is 84.0 Å². The molecule has 1 atom stereocenters. The smallest absolute Gasteiger partial charge is 0.322 e. The molecule has 1 unspecified atom stereocenters. The number of rotatable bonds is 8. The largest absolute Gasteiger partial charge is 0.496 e. The normalized spacial score (nSPS) is 14.8. The first-order valence-electron chi connectivity index (χ1n) is 11.2. The number of urea groups is 1. The highest BCUT2D eigenvalue weighted by molar-refractivity contribution is 6.03. The van der Waals surface area contributed by atoms with E-state index in [0.717, 1.165) is 34.7 Å². The summed E-state index contributed by atoms with van der Waals surface area (Å²) in [6, 6.07) is 25.5. The van der Waals surface area contributed by atoms with E-state index in [1.807, 2.05) is 72.8 Å². The number of aryl methyl sites for hydroxylation is 1. The van der Waals surface area contributed by atoms with E-state index >= 15 is 0 Å². The van der Waals surface area contributed by atoms with Gasteiger partial charge in [-0.2, -0.15) is 0 Å². The molecule has 0 fully saturated rings. The van der Waals surface area contributed by atoms with E-state index < -0.39 is 0 Å². The molecular weight excluding hydrogens is 414 g/mol. The molecule has 1 heterocycles. The van der Waals surface area contributed by atoms with Gasteiger partial charge in [0.2, 0.25) is 0 Å². The number of benzene rings is 3. The molecule has 6 nitrogen and oxygen atoms in total. The van der Waals surface area contributed by atoms with Crippen molar-refractivity contribution < 1.29 is 14.4 Å². The average Bonchev–Trinajstić information content (AvgIpc) is 3.32. The lowest BCUT2D eigenvalue weighted by molar-refractivity contribution is 0.0608. The van der Waals surface area contributed by atoms with Crippen LogP contribution in [0.4, 0.5) is 10.5 Å². The van der Waals surface area contributed by atoms with Crippen LogP contribution in [0.25, 0.3) is 0 Å². The SMILES string of the molecule is CCc1cccc(NC(=O)N(Cc2ccccc2)CC2CC(c3ccccc3OC)=NO2)c1. The summed E-state index contributed by atoms with van der Waals surface area (Å²) in [7, 11) is 1.64. The molecule has 0 bridgehead atoms. The van der Waals surface area contributed by atoms with Gasteiger partial charge >= 0.3 is 6.03 Å². The van der Waals surface area contributed by atoms with Crippen LogP contribution in [-0.2, 0) is 17.8 Å². The fraction of sp³-hybridized carbons (Fsp3) is 0.259. The van der Waals surface area contributed by atoms with E-state index in [9.17, 15) is 4.79 Å². The zero-order chi connectivity index (χ0) is 23.0. The van der Waals surface area contributed by atoms with Crippen molar-refractivity contribution in [2.45, 2.75) is 32.4 Å². The van der Waals surface area contributed by atoms with E-state index in [1.54, 1.807) is 12.0 Å². The van der Waals surface area contributed by atoms with E-state index in [0.29, 0.717) is 19.5 Å². The number of hydrogen-bond acceptors (Lipinski definition) is 4. The molecule has 33 heavy (non-hydrogen) atoms. The summed E-state index contributed by atoms with van der Waals surface area (Å²) in [6.07, 6.45) is 1.28. The predicted molar refractivity (Wildman–Crippen MR) is 131 cm³/mol. The Balaban J connectivity index is 1.47. The summed E-state index contributed by atoms with van der Waals surface area (Å²) in [5.41, 5.74) is 4.76. The van der Waals surface area contributed by atoms with Gasteiger partial charge in [0.1, 0.15) is 5.75 Å². The van der Waals surface area contributed by atoms with Crippen molar-refractivity contribution in [1.82, 2.24) is 4.90 Å². The molecule has 0 saturated carbocycles. The molecule has 6 heteroatoms. The van der Waals surface area contributed by atoms with Crippen LogP contribution < -0.4 is 10.1 Å². The van der Waals surface area contributed by atoms with Gasteiger partial charge in [0.15, 0.2) is 6.10 Å². The van der Waals surface area contributed by atoms with E-state index in [2.05, 4.69) is 23.5 Å². The van der Waals surface area contributed by atoms with Gasteiger partial charge in [0, 0.05) is 24.2 Å². The lowest BCUT2D eigenvalue weighted by Gasteiger charge is -2.25. The monoisotopic (exact) mass is 443 g/mol. The lowest BCUT2D eigenvalue weighted by atomic mass is 10.0. The van der Waals surface area contributed by atoms with Gasteiger partial charge in [-0.1, -0.05) is 66.7 Å². The van der Waals surface area contributed by atoms with Gasteiger partial charge in [-0.15, -0.1) is 0 Å². The molecule has 3 aromatic carbocycles. The third-order valence-electron chi connectivity index (χ3n) is 5.66. The van der Waals surface area contributed by atoms with Crippen LogP contribution in [-0.4, -0.2) is 36.4 Å². The standard InChI is InChI=1S/C27H29N3O3/c1-3-20-12-9-13-22(16-20)28-27(31)30(18-21-10-5-4-6-11-21)19-23-17-25(29-33-23)24-14-7-8-15-26(24)32-2/h4-16,23H,3,17-19H2,1-2H3,(H,28,31). The molecule has 0 aliphatic carbocycles. The molecule has 3 aromatic rings. The third kappa shape index (κ3) is 5.71. The number of anilines is 1. The van der Waals surface area contributed by atoms with E-state index in [-0.39, 0.29) is 12.1 Å². The minimum Gasteiger partial charge on any atom is -0.496 e. The van der Waals surface area contributed by atoms with Crippen LogP contribution in [0.3, 0.4) is 0 Å². The molecule has 170 valence electrons. The zero-order valence-electron chi connectivity index (χ0n) is 19.0. The van der Waals surface area contributed by atoms with Gasteiger partial charge < -0.3 is 19.8 Å². The van der Waals surface area contributed by atoms with Crippen LogP contribution >= 0.6 is 0 Å². The second kappa shape index (κ2) is 10.7. The first-order valence-corrected chi connectivity index (χ1v) is 11.2. The maximum Gasteiger partial charge on any atom is 0.322 e. The third-order valence-corrected chi connectivity index (χ3v) is 5.66. The first kappa shape index (κ1) is 22.4. The molecule has 0 radical (unpaired) electrons. The van der Waals surface area contributed by atoms with Crippen molar-refractivity contribution in [3.8, 4) is 5.75 Å². The zero-order valence-corrected chi connectivity index (χ0v) is 19.0. The topological polar surface area (TPSA) is 63.2 Å². The maximum atomic E-state index is 13.3. The van der Waals surface area contributed by atoms with Gasteiger partial charge in [0.25, 0.3) is 0 Å². The Labute approximate surface area is 194 Å². The Morgan fingerprint density at radius 1 is 1.06 bits per heavy atom. The summed E-state index contributed by atoms with van der Waals surface area (Å²) in [5, 5.41) is 7.35. The molecular formula is C27H29N3O3. The molecule has 1 N–H and O–H groups in total. The maximum absolute atomic E-state index is 13.3. The highest BCUT2D eigenvalue weighted by Gasteiger charge is 2.28. The van der Waals surface area contributed by atoms with Gasteiger partial charge in [0.05, 0.1) is 19.4 Å². The number of nitrogens with zero attached hydrogens (tertiary/aromatic N) is 2. The Morgan fingerprint density at radius 2 is 1.82 bits per heavy atom. The Bertz CT molecular complexity index is 1110. The number of oxime groups is 1. The van der Waals surface area contributed by atoms with Crippen LogP contribution in [0.1, 0.15) is 30.0 Å². The Hall–Kier alpha value is -3.80. The molecule has 0 saturated heterocycles. The predicted octanol–water partition coefficient (Wildman–Crippen LogP) is 5.48. The molecule has 0 spiro atoms. The van der Waals surface area contributed by atoms with Crippen LogP contribution in [0.5, 0.6) is 5.75 Å². The minimum absolute atomic E-state index is 0.165. The second-order valence-corrected chi connectivity index (χ2v) is 8.02. The molecule has 0 aromatic heterocycles. The molecule has 2 amide bonds. The molecule has 1 aliphatic heterocycles. The van der Waals surface area contributed by atoms with Crippen molar-refractivity contribution in [1.29, 1.82) is 0 Å². The molecule has 4 rings (SSSR count). The molecule has 1 aliphatic rings. The summed E-state index contributed by atoms with van der Waals surface area (Å²) >= 11 is 0. The number of hydrogen-bond donors (Lipinski definition) is 1. The number of para-hydroxylation sites is 1. The Morgan fingerprint density at radius 3 is 2.61 bits per heavy atom. The number of carbonyl (C=O) groups excluding carboxylic acids is 1. The van der Waals surface area contributed by atoms with Gasteiger partial charge in [-0.05, 0) is 41.8 Å². The van der Waals surface area contributed by atoms with Crippen molar-refractivity contribution >= 4 is 17.4 Å². The van der Waals surface area contributed by atoms with Crippen molar-refractivity contribution in [3.05, 3.63) is 95.6 Å². The van der Waals surface area contributed by atoms with E-state index in [4.69, 9.17) is 9.57 Å². The lowest BCUT2D eigenvalue weighted by Crippen LogP contribution is -2.40. The highest BCUT2D eigenvalue weighted by atomic mass is 16.6. The summed E-state index contributed by atoms with van der Waals surface area (Å²) in [6.45, 7) is 2.99. The van der Waals surface area contributed by atoms with Crippen LogP contribution in [0, 0.1) is 0 Å². The number of nitrogens with one attached hydrogen (secondary N) is 1. The first-order chi connectivity index (χ1) is 16.2. The quantitative estimate of drug-likeness (QED) is 0.501. The van der Waals surface area contributed by atoms with Gasteiger partial charge in [-0.3, -0.25) is 0 Å². The highest BCUT2D eigenvalue weighted by Crippen LogP contribution is 2.25. The van der Waals surface area contributed by atoms with Crippen LogP contribution in [0.2, 0.25) is 0 Å². The summed E-state index contributed by atoms with van der Waals surface area (Å²) in [5.74, 6) is 0.759. The number of carbonyl (C=O) groups is 1. The minimum atomic E-state index is -0.235. The summed E-state index contributed by atoms with van der Waals surface area (Å²) < 4.78 is 5.47. The van der Waals surface area contributed by atoms with Gasteiger partial charge in [-0.25, -0.2) is 4.79 Å². The van der Waals surface area contributed by atoms with E-state index in [1.165, 1.54) is 5.56 Å². The number of methoxy groups -OCH3 is 1. The number of ether oxygens (including phenoxy) is 1.